The summed E-state index contributed by atoms with van der Waals surface area (Å²) in [7, 11) is 0. The molecule has 0 radical (unpaired) electrons. The van der Waals surface area contributed by atoms with Crippen LogP contribution in [0, 0.1) is 10.5 Å². The molecule has 1 N–H and O–H groups in total. The van der Waals surface area contributed by atoms with E-state index in [1.54, 1.807) is 16.8 Å². The van der Waals surface area contributed by atoms with Crippen molar-refractivity contribution in [1.82, 2.24) is 14.3 Å². The first-order valence-electron chi connectivity index (χ1n) is 5.14. The molecule has 6 heteroatoms. The molecular weight excluding hydrogens is 333 g/mol. The zero-order chi connectivity index (χ0) is 12.4. The largest absolute Gasteiger partial charge is 0.477 e. The summed E-state index contributed by atoms with van der Waals surface area (Å²) in [6.07, 6.45) is 5.56. The molecule has 2 aromatic rings. The van der Waals surface area contributed by atoms with Gasteiger partial charge in [-0.3, -0.25) is 4.68 Å². The smallest absolute Gasteiger partial charge is 0.352 e. The summed E-state index contributed by atoms with van der Waals surface area (Å²) in [6, 6.07) is 1.66. The van der Waals surface area contributed by atoms with Gasteiger partial charge in [-0.25, -0.2) is 4.79 Å². The minimum absolute atomic E-state index is 0.318. The Kier molecular flexibility index (Phi) is 3.51. The van der Waals surface area contributed by atoms with Crippen molar-refractivity contribution in [2.45, 2.75) is 20.0 Å². The number of rotatable bonds is 4. The van der Waals surface area contributed by atoms with Gasteiger partial charge in [0.05, 0.1) is 12.7 Å². The van der Waals surface area contributed by atoms with Crippen LogP contribution in [0.1, 0.15) is 16.1 Å². The van der Waals surface area contributed by atoms with E-state index in [9.17, 15) is 4.79 Å². The number of halogens is 1. The van der Waals surface area contributed by atoms with Gasteiger partial charge in [0.15, 0.2) is 0 Å². The Morgan fingerprint density at radius 2 is 2.24 bits per heavy atom. The summed E-state index contributed by atoms with van der Waals surface area (Å²) >= 11 is 2.11. The molecule has 0 atom stereocenters. The van der Waals surface area contributed by atoms with Gasteiger partial charge in [-0.2, -0.15) is 5.10 Å². The van der Waals surface area contributed by atoms with Crippen molar-refractivity contribution in [2.75, 3.05) is 0 Å². The van der Waals surface area contributed by atoms with Gasteiger partial charge in [-0.05, 0) is 41.1 Å². The van der Waals surface area contributed by atoms with Crippen LogP contribution < -0.4 is 0 Å². The lowest BCUT2D eigenvalue weighted by Crippen LogP contribution is -2.12. The molecule has 0 unspecified atom stereocenters. The van der Waals surface area contributed by atoms with Gasteiger partial charge in [-0.15, -0.1) is 0 Å². The van der Waals surface area contributed by atoms with Crippen molar-refractivity contribution in [1.29, 1.82) is 0 Å². The van der Waals surface area contributed by atoms with Crippen molar-refractivity contribution >= 4 is 28.6 Å². The van der Waals surface area contributed by atoms with Crippen molar-refractivity contribution < 1.29 is 9.90 Å². The van der Waals surface area contributed by atoms with Crippen LogP contribution >= 0.6 is 22.6 Å². The van der Waals surface area contributed by atoms with Crippen LogP contribution in [0.3, 0.4) is 0 Å². The first-order valence-corrected chi connectivity index (χ1v) is 6.22. The molecular formula is C11H12IN3O2. The summed E-state index contributed by atoms with van der Waals surface area (Å²) in [5, 5.41) is 13.2. The van der Waals surface area contributed by atoms with Gasteiger partial charge >= 0.3 is 5.97 Å². The molecule has 0 aromatic carbocycles. The first-order chi connectivity index (χ1) is 8.06. The van der Waals surface area contributed by atoms with E-state index in [0.29, 0.717) is 18.8 Å². The highest BCUT2D eigenvalue weighted by Crippen LogP contribution is 2.11. The molecule has 0 aliphatic heterocycles. The van der Waals surface area contributed by atoms with E-state index in [1.165, 1.54) is 0 Å². The van der Waals surface area contributed by atoms with Crippen molar-refractivity contribution in [3.05, 3.63) is 39.5 Å². The average Bonchev–Trinajstić information content (AvgIpc) is 2.82. The van der Waals surface area contributed by atoms with Crippen LogP contribution in [0.15, 0.2) is 24.7 Å². The Morgan fingerprint density at radius 3 is 2.82 bits per heavy atom. The Bertz CT molecular complexity index is 545. The standard InChI is InChI=1S/C11H12IN3O2/c1-8-5-13-15(6-8)3-2-14-7-9(12)4-10(14)11(16)17/h4-7H,2-3H2,1H3,(H,16,17). The first kappa shape index (κ1) is 12.2. The third-order valence-electron chi connectivity index (χ3n) is 2.41. The second-order valence-corrected chi connectivity index (χ2v) is 5.07. The van der Waals surface area contributed by atoms with Crippen LogP contribution in [0.5, 0.6) is 0 Å². The molecule has 0 saturated carbocycles. The van der Waals surface area contributed by atoms with E-state index in [1.807, 2.05) is 24.0 Å². The number of hydrogen-bond acceptors (Lipinski definition) is 2. The molecule has 2 heterocycles. The third-order valence-corrected chi connectivity index (χ3v) is 3.00. The Labute approximate surface area is 112 Å². The molecule has 0 spiro atoms. The minimum atomic E-state index is -0.899. The van der Waals surface area contributed by atoms with Gasteiger partial charge < -0.3 is 9.67 Å². The lowest BCUT2D eigenvalue weighted by atomic mass is 10.4. The van der Waals surface area contributed by atoms with Gasteiger partial charge in [0.1, 0.15) is 5.69 Å². The third kappa shape index (κ3) is 2.87. The summed E-state index contributed by atoms with van der Waals surface area (Å²) in [5.41, 5.74) is 1.42. The number of aryl methyl sites for hydroxylation is 3. The van der Waals surface area contributed by atoms with Gasteiger partial charge in [0.2, 0.25) is 0 Å². The number of hydrogen-bond donors (Lipinski definition) is 1. The zero-order valence-corrected chi connectivity index (χ0v) is 11.5. The van der Waals surface area contributed by atoms with Gasteiger partial charge in [0.25, 0.3) is 0 Å². The highest BCUT2D eigenvalue weighted by molar-refractivity contribution is 14.1. The van der Waals surface area contributed by atoms with Gasteiger partial charge in [0, 0.05) is 22.5 Å². The predicted octanol–water partition coefficient (Wildman–Crippen LogP) is 2.00. The van der Waals surface area contributed by atoms with Crippen molar-refractivity contribution in [2.24, 2.45) is 0 Å². The molecule has 0 aliphatic carbocycles. The molecule has 5 nitrogen and oxygen atoms in total. The summed E-state index contributed by atoms with van der Waals surface area (Å²) in [4.78, 5) is 11.0. The number of aromatic carboxylic acids is 1. The van der Waals surface area contributed by atoms with E-state index < -0.39 is 5.97 Å². The van der Waals surface area contributed by atoms with E-state index in [0.717, 1.165) is 9.13 Å². The summed E-state index contributed by atoms with van der Waals surface area (Å²) in [5.74, 6) is -0.899. The molecule has 0 saturated heterocycles. The molecule has 17 heavy (non-hydrogen) atoms. The zero-order valence-electron chi connectivity index (χ0n) is 9.30. The Balaban J connectivity index is 2.11. The minimum Gasteiger partial charge on any atom is -0.477 e. The Morgan fingerprint density at radius 1 is 1.47 bits per heavy atom. The van der Waals surface area contributed by atoms with Crippen LogP contribution in [0.2, 0.25) is 0 Å². The maximum Gasteiger partial charge on any atom is 0.352 e. The highest BCUT2D eigenvalue weighted by Gasteiger charge is 2.11. The number of aromatic nitrogens is 3. The fraction of sp³-hybridized carbons (Fsp3) is 0.273. The van der Waals surface area contributed by atoms with Crippen molar-refractivity contribution in [3.63, 3.8) is 0 Å². The lowest BCUT2D eigenvalue weighted by Gasteiger charge is -2.06. The molecule has 2 rings (SSSR count). The maximum atomic E-state index is 11.0. The number of carboxylic acid groups (broad SMARTS) is 1. The van der Waals surface area contributed by atoms with Gasteiger partial charge in [-0.1, -0.05) is 0 Å². The molecule has 0 bridgehead atoms. The highest BCUT2D eigenvalue weighted by atomic mass is 127. The maximum absolute atomic E-state index is 11.0. The van der Waals surface area contributed by atoms with Crippen LogP contribution in [0.4, 0.5) is 0 Å². The van der Waals surface area contributed by atoms with Crippen LogP contribution in [-0.4, -0.2) is 25.4 Å². The second kappa shape index (κ2) is 4.91. The quantitative estimate of drug-likeness (QED) is 0.863. The fourth-order valence-electron chi connectivity index (χ4n) is 1.64. The van der Waals surface area contributed by atoms with Crippen LogP contribution in [-0.2, 0) is 13.1 Å². The number of carboxylic acids is 1. The average molecular weight is 345 g/mol. The molecule has 0 aliphatic rings. The summed E-state index contributed by atoms with van der Waals surface area (Å²) < 4.78 is 4.48. The normalized spacial score (nSPS) is 10.7. The van der Waals surface area contributed by atoms with E-state index in [4.69, 9.17) is 5.11 Å². The summed E-state index contributed by atoms with van der Waals surface area (Å²) in [6.45, 7) is 3.25. The topological polar surface area (TPSA) is 60.0 Å². The predicted molar refractivity (Wildman–Crippen MR) is 71.1 cm³/mol. The van der Waals surface area contributed by atoms with Crippen molar-refractivity contribution in [3.8, 4) is 0 Å². The van der Waals surface area contributed by atoms with E-state index >= 15 is 0 Å². The lowest BCUT2D eigenvalue weighted by molar-refractivity contribution is 0.0684. The van der Waals surface area contributed by atoms with E-state index in [2.05, 4.69) is 27.7 Å². The molecule has 0 amide bonds. The monoisotopic (exact) mass is 345 g/mol. The number of nitrogens with zero attached hydrogens (tertiary/aromatic N) is 3. The molecule has 0 fully saturated rings. The molecule has 90 valence electrons. The SMILES string of the molecule is Cc1cnn(CCn2cc(I)cc2C(=O)O)c1. The second-order valence-electron chi connectivity index (χ2n) is 3.82. The number of carbonyl (C=O) groups is 1. The molecule has 2 aromatic heterocycles. The fourth-order valence-corrected chi connectivity index (χ4v) is 2.27. The van der Waals surface area contributed by atoms with E-state index in [-0.39, 0.29) is 0 Å². The Hall–Kier alpha value is -1.31. The van der Waals surface area contributed by atoms with Crippen LogP contribution in [0.25, 0.3) is 0 Å².